The van der Waals surface area contributed by atoms with Gasteiger partial charge in [-0.3, -0.25) is 4.79 Å². The summed E-state index contributed by atoms with van der Waals surface area (Å²) in [6.07, 6.45) is -4.78. The number of anilines is 1. The summed E-state index contributed by atoms with van der Waals surface area (Å²) in [5, 5.41) is 11.3. The summed E-state index contributed by atoms with van der Waals surface area (Å²) in [6, 6.07) is 4.62. The summed E-state index contributed by atoms with van der Waals surface area (Å²) in [5.74, 6) is -4.36. The number of aliphatic carboxylic acids is 1. The number of hydrogen-bond donors (Lipinski definition) is 2. The predicted molar refractivity (Wildman–Crippen MR) is 61.9 cm³/mol. The summed E-state index contributed by atoms with van der Waals surface area (Å²) in [6.45, 7) is 1.01. The number of hydrogen-bond acceptors (Lipinski definition) is 2. The second-order valence-corrected chi connectivity index (χ2v) is 4.18. The molecule has 1 rings (SSSR count). The van der Waals surface area contributed by atoms with E-state index in [9.17, 15) is 18.0 Å². The van der Waals surface area contributed by atoms with Gasteiger partial charge in [0, 0.05) is 17.3 Å². The van der Waals surface area contributed by atoms with Crippen molar-refractivity contribution < 1.29 is 23.1 Å². The van der Waals surface area contributed by atoms with E-state index >= 15 is 0 Å². The first kappa shape index (κ1) is 14.6. The third kappa shape index (κ3) is 3.80. The minimum atomic E-state index is -4.78. The molecule has 0 bridgehead atoms. The van der Waals surface area contributed by atoms with Crippen LogP contribution in [0.15, 0.2) is 18.2 Å². The lowest BCUT2D eigenvalue weighted by Gasteiger charge is -2.17. The Hall–Kier alpha value is -1.43. The molecule has 0 spiro atoms. The normalized spacial score (nSPS) is 13.2. The van der Waals surface area contributed by atoms with Crippen LogP contribution >= 0.6 is 11.6 Å². The Balaban J connectivity index is 2.73. The van der Waals surface area contributed by atoms with Crippen LogP contribution in [-0.2, 0) is 4.79 Å². The van der Waals surface area contributed by atoms with E-state index in [0.717, 1.165) is 5.56 Å². The Morgan fingerprint density at radius 1 is 1.50 bits per heavy atom. The molecule has 7 heteroatoms. The molecule has 2 N–H and O–H groups in total. The molecule has 0 amide bonds. The number of carbonyl (C=O) groups is 1. The smallest absolute Gasteiger partial charge is 0.403 e. The molecule has 3 nitrogen and oxygen atoms in total. The highest BCUT2D eigenvalue weighted by molar-refractivity contribution is 6.31. The molecular weight excluding hydrogens is 271 g/mol. The van der Waals surface area contributed by atoms with Crippen LogP contribution < -0.4 is 5.32 Å². The minimum absolute atomic E-state index is 0.348. The molecule has 100 valence electrons. The lowest BCUT2D eigenvalue weighted by Crippen LogP contribution is -2.36. The molecule has 0 aromatic heterocycles. The molecule has 1 aromatic carbocycles. The second-order valence-electron chi connectivity index (χ2n) is 3.78. The third-order valence-electron chi connectivity index (χ3n) is 2.38. The summed E-state index contributed by atoms with van der Waals surface area (Å²) in [4.78, 5) is 10.5. The maximum absolute atomic E-state index is 12.4. The number of alkyl halides is 3. The molecule has 0 heterocycles. The molecular formula is C11H11ClF3NO2. The molecule has 1 aromatic rings. The number of carboxylic acid groups (broad SMARTS) is 1. The van der Waals surface area contributed by atoms with Crippen molar-refractivity contribution in [2.24, 2.45) is 5.92 Å². The molecule has 0 saturated carbocycles. The number of rotatable bonds is 4. The van der Waals surface area contributed by atoms with E-state index < -0.39 is 24.6 Å². The van der Waals surface area contributed by atoms with Gasteiger partial charge in [-0.2, -0.15) is 13.2 Å². The predicted octanol–water partition coefficient (Wildman–Crippen LogP) is 3.32. The van der Waals surface area contributed by atoms with Crippen molar-refractivity contribution in [3.8, 4) is 0 Å². The van der Waals surface area contributed by atoms with Gasteiger partial charge in [-0.1, -0.05) is 17.7 Å². The van der Waals surface area contributed by atoms with Gasteiger partial charge in [0.1, 0.15) is 0 Å². The van der Waals surface area contributed by atoms with Crippen LogP contribution in [-0.4, -0.2) is 23.8 Å². The highest BCUT2D eigenvalue weighted by Gasteiger charge is 2.44. The van der Waals surface area contributed by atoms with Crippen LogP contribution in [0.4, 0.5) is 18.9 Å². The SMILES string of the molecule is Cc1ccc(NCC(C(=O)O)C(F)(F)F)cc1Cl. The Bertz CT molecular complexity index is 448. The molecule has 1 atom stereocenters. The third-order valence-corrected chi connectivity index (χ3v) is 2.78. The molecule has 0 fully saturated rings. The van der Waals surface area contributed by atoms with E-state index in [-0.39, 0.29) is 0 Å². The molecule has 0 aliphatic carbocycles. The zero-order chi connectivity index (χ0) is 13.9. The quantitative estimate of drug-likeness (QED) is 0.890. The largest absolute Gasteiger partial charge is 0.481 e. The van der Waals surface area contributed by atoms with Gasteiger partial charge in [0.15, 0.2) is 5.92 Å². The Morgan fingerprint density at radius 3 is 2.56 bits per heavy atom. The van der Waals surface area contributed by atoms with Crippen molar-refractivity contribution in [2.75, 3.05) is 11.9 Å². The van der Waals surface area contributed by atoms with E-state index in [4.69, 9.17) is 16.7 Å². The molecule has 1 unspecified atom stereocenters. The zero-order valence-electron chi connectivity index (χ0n) is 9.38. The number of halogens is 4. The van der Waals surface area contributed by atoms with E-state index in [1.54, 1.807) is 13.0 Å². The molecule has 0 aliphatic rings. The van der Waals surface area contributed by atoms with Gasteiger partial charge in [0.2, 0.25) is 0 Å². The Kier molecular flexibility index (Phi) is 4.45. The van der Waals surface area contributed by atoms with Crippen LogP contribution in [0.5, 0.6) is 0 Å². The molecule has 0 radical (unpaired) electrons. The summed E-state index contributed by atoms with van der Waals surface area (Å²) < 4.78 is 37.1. The number of carboxylic acids is 1. The Morgan fingerprint density at radius 2 is 2.11 bits per heavy atom. The first-order valence-corrected chi connectivity index (χ1v) is 5.39. The average molecular weight is 282 g/mol. The molecule has 0 saturated heterocycles. The minimum Gasteiger partial charge on any atom is -0.481 e. The summed E-state index contributed by atoms with van der Waals surface area (Å²) in [7, 11) is 0. The maximum Gasteiger partial charge on any atom is 0.403 e. The van der Waals surface area contributed by atoms with Crippen LogP contribution in [0.1, 0.15) is 5.56 Å². The highest BCUT2D eigenvalue weighted by atomic mass is 35.5. The lowest BCUT2D eigenvalue weighted by molar-refractivity contribution is -0.190. The number of nitrogens with one attached hydrogen (secondary N) is 1. The van der Waals surface area contributed by atoms with Crippen LogP contribution in [0.2, 0.25) is 5.02 Å². The number of benzene rings is 1. The zero-order valence-corrected chi connectivity index (χ0v) is 10.1. The van der Waals surface area contributed by atoms with Crippen molar-refractivity contribution in [3.63, 3.8) is 0 Å². The fourth-order valence-corrected chi connectivity index (χ4v) is 1.45. The van der Waals surface area contributed by atoms with Gasteiger partial charge in [0.05, 0.1) is 0 Å². The molecule has 18 heavy (non-hydrogen) atoms. The van der Waals surface area contributed by atoms with Crippen molar-refractivity contribution in [3.05, 3.63) is 28.8 Å². The first-order chi connectivity index (χ1) is 8.21. The van der Waals surface area contributed by atoms with Gasteiger partial charge in [0.25, 0.3) is 0 Å². The van der Waals surface area contributed by atoms with Gasteiger partial charge in [-0.25, -0.2) is 0 Å². The fourth-order valence-electron chi connectivity index (χ4n) is 1.27. The first-order valence-electron chi connectivity index (χ1n) is 5.01. The van der Waals surface area contributed by atoms with Gasteiger partial charge in [-0.15, -0.1) is 0 Å². The molecule has 0 aliphatic heterocycles. The standard InChI is InChI=1S/C11H11ClF3NO2/c1-6-2-3-7(4-9(6)12)16-5-8(10(17)18)11(13,14)15/h2-4,8,16H,5H2,1H3,(H,17,18). The van der Waals surface area contributed by atoms with Crippen LogP contribution in [0, 0.1) is 12.8 Å². The van der Waals surface area contributed by atoms with Crippen LogP contribution in [0.3, 0.4) is 0 Å². The van der Waals surface area contributed by atoms with E-state index in [0.29, 0.717) is 10.7 Å². The average Bonchev–Trinajstić information content (AvgIpc) is 2.21. The van der Waals surface area contributed by atoms with Crippen molar-refractivity contribution in [2.45, 2.75) is 13.1 Å². The monoisotopic (exact) mass is 281 g/mol. The fraction of sp³-hybridized carbons (Fsp3) is 0.364. The van der Waals surface area contributed by atoms with E-state index in [2.05, 4.69) is 5.32 Å². The summed E-state index contributed by atoms with van der Waals surface area (Å²) >= 11 is 5.80. The van der Waals surface area contributed by atoms with Crippen molar-refractivity contribution >= 4 is 23.3 Å². The van der Waals surface area contributed by atoms with Gasteiger partial charge in [-0.05, 0) is 24.6 Å². The topological polar surface area (TPSA) is 49.3 Å². The van der Waals surface area contributed by atoms with Gasteiger partial charge < -0.3 is 10.4 Å². The Labute approximate surface area is 107 Å². The second kappa shape index (κ2) is 5.48. The van der Waals surface area contributed by atoms with E-state index in [1.165, 1.54) is 12.1 Å². The van der Waals surface area contributed by atoms with Crippen molar-refractivity contribution in [1.29, 1.82) is 0 Å². The number of aryl methyl sites for hydroxylation is 1. The van der Waals surface area contributed by atoms with Crippen molar-refractivity contribution in [1.82, 2.24) is 0 Å². The maximum atomic E-state index is 12.4. The van der Waals surface area contributed by atoms with Gasteiger partial charge >= 0.3 is 12.1 Å². The summed E-state index contributed by atoms with van der Waals surface area (Å²) in [5.41, 5.74) is 1.13. The van der Waals surface area contributed by atoms with E-state index in [1.807, 2.05) is 0 Å². The highest BCUT2D eigenvalue weighted by Crippen LogP contribution is 2.27. The van der Waals surface area contributed by atoms with Crippen LogP contribution in [0.25, 0.3) is 0 Å². The lowest BCUT2D eigenvalue weighted by atomic mass is 10.1.